The number of ether oxygens (including phenoxy) is 2. The van der Waals surface area contributed by atoms with Crippen LogP contribution in [0.2, 0.25) is 10.0 Å². The Hall–Kier alpha value is -2.31. The Morgan fingerprint density at radius 1 is 1.22 bits per heavy atom. The molecule has 0 bridgehead atoms. The lowest BCUT2D eigenvalue weighted by Gasteiger charge is -2.10. The maximum absolute atomic E-state index is 11.8. The molecule has 0 N–H and O–H groups in total. The van der Waals surface area contributed by atoms with Gasteiger partial charge in [-0.2, -0.15) is 0 Å². The highest BCUT2D eigenvalue weighted by Crippen LogP contribution is 2.32. The number of nitro groups is 1. The van der Waals surface area contributed by atoms with Crippen molar-refractivity contribution in [2.24, 2.45) is 0 Å². The van der Waals surface area contributed by atoms with Crippen molar-refractivity contribution < 1.29 is 19.2 Å². The first-order valence-corrected chi connectivity index (χ1v) is 7.12. The number of halogens is 2. The van der Waals surface area contributed by atoms with Crippen molar-refractivity contribution in [3.05, 3.63) is 67.7 Å². The van der Waals surface area contributed by atoms with Crippen molar-refractivity contribution >= 4 is 29.2 Å². The summed E-state index contributed by atoms with van der Waals surface area (Å²) >= 11 is 11.8. The second-order valence-electron chi connectivity index (χ2n) is 4.48. The first-order chi connectivity index (χ1) is 10.9. The molecule has 0 fully saturated rings. The van der Waals surface area contributed by atoms with E-state index < -0.39 is 17.4 Å². The molecule has 0 aliphatic rings. The van der Waals surface area contributed by atoms with Crippen LogP contribution in [0.4, 0.5) is 0 Å². The van der Waals surface area contributed by atoms with Gasteiger partial charge in [-0.25, -0.2) is 4.79 Å². The minimum atomic E-state index is -0.686. The molecule has 0 saturated heterocycles. The van der Waals surface area contributed by atoms with Crippen molar-refractivity contribution in [3.63, 3.8) is 0 Å². The van der Waals surface area contributed by atoms with Gasteiger partial charge in [-0.15, -0.1) is 0 Å². The number of carbonyl (C=O) groups excluding carboxylic acids is 1. The Labute approximate surface area is 141 Å². The highest BCUT2D eigenvalue weighted by atomic mass is 35.5. The van der Waals surface area contributed by atoms with Crippen LogP contribution >= 0.6 is 23.2 Å². The summed E-state index contributed by atoms with van der Waals surface area (Å²) < 4.78 is 10.2. The molecule has 2 aromatic carbocycles. The van der Waals surface area contributed by atoms with Crippen molar-refractivity contribution in [1.82, 2.24) is 0 Å². The molecule has 8 heteroatoms. The zero-order valence-corrected chi connectivity index (χ0v) is 13.4. The molecular formula is C15H11Cl2NO5. The number of methoxy groups -OCH3 is 1. The SMILES string of the molecule is COC(=O)c1cc(Oc2ccc(Cl)cc2Cl)ccc1C[N+](=O)[O-]. The number of carbonyl (C=O) groups is 1. The van der Waals surface area contributed by atoms with Gasteiger partial charge in [-0.05, 0) is 36.4 Å². The number of benzene rings is 2. The largest absolute Gasteiger partial charge is 0.465 e. The molecule has 2 aromatic rings. The summed E-state index contributed by atoms with van der Waals surface area (Å²) in [6, 6.07) is 9.01. The van der Waals surface area contributed by atoms with E-state index in [1.54, 1.807) is 12.1 Å². The second-order valence-corrected chi connectivity index (χ2v) is 5.32. The molecule has 0 aromatic heterocycles. The van der Waals surface area contributed by atoms with Gasteiger partial charge < -0.3 is 9.47 Å². The van der Waals surface area contributed by atoms with Crippen LogP contribution in [-0.4, -0.2) is 18.0 Å². The fraction of sp³-hybridized carbons (Fsp3) is 0.133. The van der Waals surface area contributed by atoms with Crippen molar-refractivity contribution in [1.29, 1.82) is 0 Å². The van der Waals surface area contributed by atoms with E-state index in [1.807, 2.05) is 0 Å². The lowest BCUT2D eigenvalue weighted by Crippen LogP contribution is -2.09. The molecule has 0 radical (unpaired) electrons. The molecule has 0 amide bonds. The standard InChI is InChI=1S/C15H11Cl2NO5/c1-22-15(19)12-7-11(4-2-9(12)8-18(20)21)23-14-5-3-10(16)6-13(14)17/h2-7H,8H2,1H3. The van der Waals surface area contributed by atoms with Crippen LogP contribution in [0.1, 0.15) is 15.9 Å². The van der Waals surface area contributed by atoms with Crippen LogP contribution in [0.25, 0.3) is 0 Å². The van der Waals surface area contributed by atoms with E-state index >= 15 is 0 Å². The predicted molar refractivity (Wildman–Crippen MR) is 85.0 cm³/mol. The molecule has 0 saturated carbocycles. The van der Waals surface area contributed by atoms with Gasteiger partial charge in [0.2, 0.25) is 6.54 Å². The zero-order chi connectivity index (χ0) is 17.0. The Morgan fingerprint density at radius 3 is 2.57 bits per heavy atom. The molecule has 0 aliphatic carbocycles. The van der Waals surface area contributed by atoms with Gasteiger partial charge in [-0.3, -0.25) is 10.1 Å². The van der Waals surface area contributed by atoms with Crippen LogP contribution in [0.3, 0.4) is 0 Å². The van der Waals surface area contributed by atoms with Gasteiger partial charge in [0.15, 0.2) is 0 Å². The van der Waals surface area contributed by atoms with E-state index in [9.17, 15) is 14.9 Å². The lowest BCUT2D eigenvalue weighted by molar-refractivity contribution is -0.496. The smallest absolute Gasteiger partial charge is 0.338 e. The minimum absolute atomic E-state index is 0.0618. The Morgan fingerprint density at radius 2 is 1.96 bits per heavy atom. The van der Waals surface area contributed by atoms with Gasteiger partial charge in [0.1, 0.15) is 11.5 Å². The number of hydrogen-bond donors (Lipinski definition) is 0. The minimum Gasteiger partial charge on any atom is -0.465 e. The fourth-order valence-corrected chi connectivity index (χ4v) is 2.33. The average molecular weight is 356 g/mol. The van der Waals surface area contributed by atoms with E-state index in [-0.39, 0.29) is 11.1 Å². The lowest BCUT2D eigenvalue weighted by atomic mass is 10.1. The summed E-state index contributed by atoms with van der Waals surface area (Å²) in [7, 11) is 1.20. The van der Waals surface area contributed by atoms with Crippen LogP contribution in [0.15, 0.2) is 36.4 Å². The molecule has 23 heavy (non-hydrogen) atoms. The molecule has 0 unspecified atom stereocenters. The second kappa shape index (κ2) is 7.30. The first kappa shape index (κ1) is 17.1. The number of rotatable bonds is 5. The normalized spacial score (nSPS) is 10.2. The topological polar surface area (TPSA) is 78.7 Å². The van der Waals surface area contributed by atoms with Crippen molar-refractivity contribution in [2.75, 3.05) is 7.11 Å². The van der Waals surface area contributed by atoms with Gasteiger partial charge in [0, 0.05) is 15.5 Å². The highest BCUT2D eigenvalue weighted by Gasteiger charge is 2.17. The van der Waals surface area contributed by atoms with Crippen LogP contribution < -0.4 is 4.74 Å². The monoisotopic (exact) mass is 355 g/mol. The summed E-state index contributed by atoms with van der Waals surface area (Å²) in [5.74, 6) is -0.0508. The summed E-state index contributed by atoms with van der Waals surface area (Å²) in [5.41, 5.74) is 0.295. The van der Waals surface area contributed by atoms with E-state index in [2.05, 4.69) is 4.74 Å². The van der Waals surface area contributed by atoms with Gasteiger partial charge in [0.05, 0.1) is 17.7 Å². The molecule has 120 valence electrons. The summed E-state index contributed by atoms with van der Waals surface area (Å²) in [4.78, 5) is 21.9. The Bertz CT molecular complexity index is 764. The van der Waals surface area contributed by atoms with Crippen LogP contribution in [0.5, 0.6) is 11.5 Å². The Kier molecular flexibility index (Phi) is 5.41. The maximum Gasteiger partial charge on any atom is 0.338 e. The van der Waals surface area contributed by atoms with Crippen LogP contribution in [0, 0.1) is 10.1 Å². The highest BCUT2D eigenvalue weighted by molar-refractivity contribution is 6.35. The Balaban J connectivity index is 2.36. The van der Waals surface area contributed by atoms with E-state index in [0.717, 1.165) is 0 Å². The quantitative estimate of drug-likeness (QED) is 0.452. The van der Waals surface area contributed by atoms with E-state index in [4.69, 9.17) is 27.9 Å². The zero-order valence-electron chi connectivity index (χ0n) is 11.9. The van der Waals surface area contributed by atoms with Gasteiger partial charge in [0.25, 0.3) is 0 Å². The molecule has 0 heterocycles. The van der Waals surface area contributed by atoms with Gasteiger partial charge in [-0.1, -0.05) is 23.2 Å². The van der Waals surface area contributed by atoms with Crippen LogP contribution in [-0.2, 0) is 11.3 Å². The molecule has 0 atom stereocenters. The fourth-order valence-electron chi connectivity index (χ4n) is 1.88. The molecular weight excluding hydrogens is 345 g/mol. The number of hydrogen-bond acceptors (Lipinski definition) is 5. The number of esters is 1. The summed E-state index contributed by atoms with van der Waals surface area (Å²) in [6.07, 6.45) is 0. The van der Waals surface area contributed by atoms with Crippen molar-refractivity contribution in [3.8, 4) is 11.5 Å². The average Bonchev–Trinajstić information content (AvgIpc) is 2.50. The molecule has 0 spiro atoms. The molecule has 2 rings (SSSR count). The maximum atomic E-state index is 11.8. The van der Waals surface area contributed by atoms with Crippen molar-refractivity contribution in [2.45, 2.75) is 6.54 Å². The third-order valence-corrected chi connectivity index (χ3v) is 3.44. The van der Waals surface area contributed by atoms with E-state index in [1.165, 1.54) is 31.4 Å². The third-order valence-electron chi connectivity index (χ3n) is 2.91. The van der Waals surface area contributed by atoms with Gasteiger partial charge >= 0.3 is 5.97 Å². The number of nitrogens with zero attached hydrogens (tertiary/aromatic N) is 1. The molecule has 0 aliphatic heterocycles. The predicted octanol–water partition coefficient (Wildman–Crippen LogP) is 4.35. The first-order valence-electron chi connectivity index (χ1n) is 6.36. The van der Waals surface area contributed by atoms with E-state index in [0.29, 0.717) is 21.5 Å². The summed E-state index contributed by atoms with van der Waals surface area (Å²) in [5, 5.41) is 11.4. The summed E-state index contributed by atoms with van der Waals surface area (Å²) in [6.45, 7) is -0.494. The molecule has 6 nitrogen and oxygen atoms in total. The third kappa shape index (κ3) is 4.34.